The first kappa shape index (κ1) is 25.7. The van der Waals surface area contributed by atoms with Crippen molar-refractivity contribution in [1.82, 2.24) is 5.32 Å². The van der Waals surface area contributed by atoms with E-state index in [0.717, 1.165) is 21.0 Å². The van der Waals surface area contributed by atoms with Crippen LogP contribution < -0.4 is 10.2 Å². The Hall–Kier alpha value is -3.35. The van der Waals surface area contributed by atoms with Gasteiger partial charge in [-0.05, 0) is 55.7 Å². The molecule has 1 fully saturated rings. The Kier molecular flexibility index (Phi) is 7.67. The van der Waals surface area contributed by atoms with Crippen LogP contribution in [0.5, 0.6) is 0 Å². The quantitative estimate of drug-likeness (QED) is 0.421. The summed E-state index contributed by atoms with van der Waals surface area (Å²) in [5.74, 6) is -0.528. The fourth-order valence-electron chi connectivity index (χ4n) is 4.82. The molecule has 3 aromatic rings. The normalized spacial score (nSPS) is 20.3. The fraction of sp³-hybridized carbons (Fsp3) is 0.250. The molecule has 0 bridgehead atoms. The Morgan fingerprint density at radius 3 is 2.42 bits per heavy atom. The smallest absolute Gasteiger partial charge is 0.421 e. The van der Waals surface area contributed by atoms with E-state index in [0.29, 0.717) is 22.7 Å². The van der Waals surface area contributed by atoms with E-state index in [9.17, 15) is 14.4 Å². The number of fused-ring (bicyclic) bond motifs is 2. The maximum absolute atomic E-state index is 13.8. The summed E-state index contributed by atoms with van der Waals surface area (Å²) in [6, 6.07) is 21.6. The average molecular weight is 525 g/mol. The van der Waals surface area contributed by atoms with Crippen molar-refractivity contribution < 1.29 is 19.1 Å². The number of benzene rings is 3. The van der Waals surface area contributed by atoms with Crippen LogP contribution in [0.4, 0.5) is 10.5 Å². The van der Waals surface area contributed by atoms with Gasteiger partial charge in [-0.2, -0.15) is 0 Å². The van der Waals surface area contributed by atoms with Crippen LogP contribution in [0.3, 0.4) is 0 Å². The Balaban J connectivity index is 0.000000375. The van der Waals surface area contributed by atoms with Crippen molar-refractivity contribution in [3.8, 4) is 0 Å². The standard InChI is InChI=1S/C22H21ClN2O4.C6H5Cl/c1-3-29-21(28)25-17-12-15(23)7-8-16(17)22(20(25)27)10-9-18(26)24-19(22)14-6-4-5-13(2)11-14;7-6-4-2-1-3-5-6/h4-8,11-12,19H,3,9-10H2,1-2H3,(H,24,26);1-5H/t19-,22-;/m1./s1. The van der Waals surface area contributed by atoms with E-state index in [-0.39, 0.29) is 18.9 Å². The van der Waals surface area contributed by atoms with Crippen LogP contribution >= 0.6 is 23.2 Å². The average Bonchev–Trinajstić information content (AvgIpc) is 3.09. The number of aryl methyl sites for hydroxylation is 1. The van der Waals surface area contributed by atoms with Crippen LogP contribution in [0.2, 0.25) is 10.0 Å². The largest absolute Gasteiger partial charge is 0.449 e. The van der Waals surface area contributed by atoms with Crippen molar-refractivity contribution >= 4 is 46.8 Å². The molecule has 2 atom stereocenters. The second kappa shape index (κ2) is 10.7. The van der Waals surface area contributed by atoms with Gasteiger partial charge in [0.1, 0.15) is 5.41 Å². The summed E-state index contributed by atoms with van der Waals surface area (Å²) in [5, 5.41) is 4.20. The third-order valence-corrected chi connectivity index (χ3v) is 6.86. The van der Waals surface area contributed by atoms with Crippen LogP contribution in [0, 0.1) is 6.92 Å². The number of piperidine rings is 1. The van der Waals surface area contributed by atoms with E-state index in [2.05, 4.69) is 5.32 Å². The molecule has 2 aliphatic rings. The van der Waals surface area contributed by atoms with Crippen molar-refractivity contribution in [3.05, 3.63) is 99.5 Å². The van der Waals surface area contributed by atoms with Crippen molar-refractivity contribution in [2.45, 2.75) is 38.1 Å². The molecule has 186 valence electrons. The van der Waals surface area contributed by atoms with E-state index in [4.69, 9.17) is 27.9 Å². The molecule has 0 aromatic heterocycles. The van der Waals surface area contributed by atoms with E-state index in [1.54, 1.807) is 25.1 Å². The van der Waals surface area contributed by atoms with Crippen LogP contribution in [0.15, 0.2) is 72.8 Å². The Morgan fingerprint density at radius 1 is 1.03 bits per heavy atom. The van der Waals surface area contributed by atoms with Crippen LogP contribution in [-0.2, 0) is 19.7 Å². The molecule has 2 heterocycles. The Labute approximate surface area is 220 Å². The lowest BCUT2D eigenvalue weighted by Gasteiger charge is -2.40. The Morgan fingerprint density at radius 2 is 1.78 bits per heavy atom. The number of anilines is 1. The molecule has 6 nitrogen and oxygen atoms in total. The number of hydrogen-bond donors (Lipinski definition) is 1. The number of halogens is 2. The lowest BCUT2D eigenvalue weighted by molar-refractivity contribution is -0.130. The SMILES string of the molecule is CCOC(=O)N1C(=O)[C@]2(CCC(=O)N[C@@H]2c2cccc(C)c2)c2ccc(Cl)cc21.Clc1ccccc1. The monoisotopic (exact) mass is 524 g/mol. The number of amides is 3. The molecule has 3 aromatic carbocycles. The summed E-state index contributed by atoms with van der Waals surface area (Å²) in [6.45, 7) is 3.78. The summed E-state index contributed by atoms with van der Waals surface area (Å²) in [5.41, 5.74) is 1.81. The van der Waals surface area contributed by atoms with Crippen molar-refractivity contribution in [3.63, 3.8) is 0 Å². The van der Waals surface area contributed by atoms with Gasteiger partial charge in [-0.1, -0.05) is 77.3 Å². The van der Waals surface area contributed by atoms with Crippen LogP contribution in [0.25, 0.3) is 0 Å². The van der Waals surface area contributed by atoms with Gasteiger partial charge in [0.2, 0.25) is 11.8 Å². The Bertz CT molecular complexity index is 1300. The molecule has 2 aliphatic heterocycles. The van der Waals surface area contributed by atoms with Crippen LogP contribution in [-0.4, -0.2) is 24.5 Å². The summed E-state index contributed by atoms with van der Waals surface area (Å²) in [7, 11) is 0. The van der Waals surface area contributed by atoms with Gasteiger partial charge in [0.25, 0.3) is 0 Å². The number of ether oxygens (including phenoxy) is 1. The van der Waals surface area contributed by atoms with E-state index in [1.807, 2.05) is 61.5 Å². The molecule has 1 spiro atoms. The van der Waals surface area contributed by atoms with E-state index in [1.165, 1.54) is 0 Å². The number of nitrogens with zero attached hydrogens (tertiary/aromatic N) is 1. The first-order valence-electron chi connectivity index (χ1n) is 11.7. The molecule has 8 heteroatoms. The van der Waals surface area contributed by atoms with Gasteiger partial charge in [-0.25, -0.2) is 9.69 Å². The van der Waals surface area contributed by atoms with E-state index >= 15 is 0 Å². The van der Waals surface area contributed by atoms with Gasteiger partial charge in [-0.15, -0.1) is 0 Å². The predicted molar refractivity (Wildman–Crippen MR) is 140 cm³/mol. The number of carbonyl (C=O) groups excluding carboxylic acids is 3. The number of imide groups is 1. The summed E-state index contributed by atoms with van der Waals surface area (Å²) < 4.78 is 5.14. The molecule has 5 rings (SSSR count). The molecule has 0 saturated carbocycles. The molecule has 3 amide bonds. The molecular formula is C28H26Cl2N2O4. The second-order valence-electron chi connectivity index (χ2n) is 8.68. The third kappa shape index (κ3) is 4.84. The van der Waals surface area contributed by atoms with Gasteiger partial charge in [0, 0.05) is 16.5 Å². The maximum atomic E-state index is 13.8. The highest BCUT2D eigenvalue weighted by molar-refractivity contribution is 6.32. The van der Waals surface area contributed by atoms with Gasteiger partial charge in [0.15, 0.2) is 0 Å². The molecule has 36 heavy (non-hydrogen) atoms. The molecule has 1 N–H and O–H groups in total. The summed E-state index contributed by atoms with van der Waals surface area (Å²) in [6.07, 6.45) is -0.258. The van der Waals surface area contributed by atoms with Gasteiger partial charge in [-0.3, -0.25) is 9.59 Å². The number of hydrogen-bond acceptors (Lipinski definition) is 4. The molecular weight excluding hydrogens is 499 g/mol. The molecule has 0 aliphatic carbocycles. The zero-order chi connectivity index (χ0) is 25.9. The van der Waals surface area contributed by atoms with Crippen molar-refractivity contribution in [2.75, 3.05) is 11.5 Å². The zero-order valence-electron chi connectivity index (χ0n) is 20.0. The maximum Gasteiger partial charge on any atom is 0.421 e. The number of nitrogens with one attached hydrogen (secondary N) is 1. The minimum atomic E-state index is -1.10. The minimum absolute atomic E-state index is 0.125. The van der Waals surface area contributed by atoms with Gasteiger partial charge in [0.05, 0.1) is 18.3 Å². The first-order valence-corrected chi connectivity index (χ1v) is 12.4. The summed E-state index contributed by atoms with van der Waals surface area (Å²) >= 11 is 11.7. The zero-order valence-corrected chi connectivity index (χ0v) is 21.5. The first-order chi connectivity index (χ1) is 17.3. The molecule has 1 saturated heterocycles. The third-order valence-electron chi connectivity index (χ3n) is 6.37. The summed E-state index contributed by atoms with van der Waals surface area (Å²) in [4.78, 5) is 39.8. The highest BCUT2D eigenvalue weighted by Crippen LogP contribution is 2.53. The number of rotatable bonds is 2. The molecule has 0 radical (unpaired) electrons. The van der Waals surface area contributed by atoms with Gasteiger partial charge < -0.3 is 10.1 Å². The lowest BCUT2D eigenvalue weighted by atomic mass is 9.67. The topological polar surface area (TPSA) is 75.7 Å². The lowest BCUT2D eigenvalue weighted by Crippen LogP contribution is -2.55. The van der Waals surface area contributed by atoms with Crippen LogP contribution in [0.1, 0.15) is 42.5 Å². The second-order valence-corrected chi connectivity index (χ2v) is 9.56. The highest BCUT2D eigenvalue weighted by atomic mass is 35.5. The van der Waals surface area contributed by atoms with E-state index < -0.39 is 23.5 Å². The molecule has 0 unspecified atom stereocenters. The number of carbonyl (C=O) groups is 3. The van der Waals surface area contributed by atoms with Gasteiger partial charge >= 0.3 is 6.09 Å². The van der Waals surface area contributed by atoms with Crippen molar-refractivity contribution in [2.24, 2.45) is 0 Å². The highest BCUT2D eigenvalue weighted by Gasteiger charge is 2.59. The fourth-order valence-corrected chi connectivity index (χ4v) is 5.14. The minimum Gasteiger partial charge on any atom is -0.449 e. The predicted octanol–water partition coefficient (Wildman–Crippen LogP) is 6.38. The van der Waals surface area contributed by atoms with Crippen molar-refractivity contribution in [1.29, 1.82) is 0 Å².